The number of nitrogens with zero attached hydrogens (tertiary/aromatic N) is 2. The fourth-order valence-corrected chi connectivity index (χ4v) is 2.36. The Morgan fingerprint density at radius 2 is 2.20 bits per heavy atom. The molecule has 3 nitrogen and oxygen atoms in total. The van der Waals surface area contributed by atoms with Gasteiger partial charge in [-0.3, -0.25) is 0 Å². The van der Waals surface area contributed by atoms with Crippen LogP contribution in [0.2, 0.25) is 0 Å². The largest absolute Gasteiger partial charge is 0.384 e. The van der Waals surface area contributed by atoms with E-state index >= 15 is 0 Å². The van der Waals surface area contributed by atoms with Crippen LogP contribution in [0.3, 0.4) is 0 Å². The number of benzene rings is 1. The van der Waals surface area contributed by atoms with Crippen molar-refractivity contribution in [3.8, 4) is 11.8 Å². The molecule has 1 heterocycles. The zero-order valence-electron chi connectivity index (χ0n) is 10.9. The quantitative estimate of drug-likeness (QED) is 0.535. The first kappa shape index (κ1) is 14.5. The molecular formula is C15H13FN2OS. The first-order valence-corrected chi connectivity index (χ1v) is 6.98. The molecular weight excluding hydrogens is 275 g/mol. The summed E-state index contributed by atoms with van der Waals surface area (Å²) < 4.78 is 13.5. The van der Waals surface area contributed by atoms with Crippen LogP contribution in [-0.4, -0.2) is 21.7 Å². The van der Waals surface area contributed by atoms with Gasteiger partial charge in [0.2, 0.25) is 0 Å². The summed E-state index contributed by atoms with van der Waals surface area (Å²) in [5, 5.41) is 9.34. The van der Waals surface area contributed by atoms with Crippen molar-refractivity contribution in [3.05, 3.63) is 53.1 Å². The fraction of sp³-hybridized carbons (Fsp3) is 0.200. The molecule has 0 aliphatic rings. The summed E-state index contributed by atoms with van der Waals surface area (Å²) in [4.78, 5) is 8.46. The van der Waals surface area contributed by atoms with Gasteiger partial charge in [-0.2, -0.15) is 0 Å². The zero-order valence-corrected chi connectivity index (χ0v) is 11.7. The number of aryl methyl sites for hydroxylation is 1. The van der Waals surface area contributed by atoms with Crippen LogP contribution in [0.15, 0.2) is 35.6 Å². The summed E-state index contributed by atoms with van der Waals surface area (Å²) in [5.74, 6) is 5.30. The molecule has 2 rings (SSSR count). The summed E-state index contributed by atoms with van der Waals surface area (Å²) in [6.07, 6.45) is 1.72. The Bertz CT molecular complexity index is 664. The predicted octanol–water partition coefficient (Wildman–Crippen LogP) is 2.56. The van der Waals surface area contributed by atoms with E-state index in [1.165, 1.54) is 17.8 Å². The van der Waals surface area contributed by atoms with Crippen molar-refractivity contribution < 1.29 is 9.50 Å². The molecule has 0 amide bonds. The van der Waals surface area contributed by atoms with Crippen LogP contribution in [0.1, 0.15) is 16.8 Å². The Morgan fingerprint density at radius 1 is 1.35 bits per heavy atom. The SMILES string of the molecule is Cc1ccnc(SCc2ccc(F)c(C#CCO)c2)n1. The summed E-state index contributed by atoms with van der Waals surface area (Å²) >= 11 is 1.48. The minimum atomic E-state index is -0.383. The molecule has 0 aliphatic heterocycles. The van der Waals surface area contributed by atoms with Crippen molar-refractivity contribution >= 4 is 11.8 Å². The Morgan fingerprint density at radius 3 is 2.95 bits per heavy atom. The standard InChI is InChI=1S/C15H13FN2OS/c1-11-6-7-17-15(18-11)20-10-12-4-5-14(16)13(9-12)3-2-8-19/h4-7,9,19H,8,10H2,1H3. The Balaban J connectivity index is 2.10. The van der Waals surface area contributed by atoms with Crippen molar-refractivity contribution in [1.29, 1.82) is 0 Å². The Kier molecular flexibility index (Phi) is 5.10. The van der Waals surface area contributed by atoms with Gasteiger partial charge >= 0.3 is 0 Å². The van der Waals surface area contributed by atoms with Gasteiger partial charge in [-0.1, -0.05) is 29.7 Å². The first-order chi connectivity index (χ1) is 9.69. The van der Waals surface area contributed by atoms with Crippen molar-refractivity contribution in [3.63, 3.8) is 0 Å². The van der Waals surface area contributed by atoms with Crippen LogP contribution in [0.4, 0.5) is 4.39 Å². The second kappa shape index (κ2) is 7.04. The number of aromatic nitrogens is 2. The van der Waals surface area contributed by atoms with E-state index in [0.717, 1.165) is 11.3 Å². The maximum Gasteiger partial charge on any atom is 0.188 e. The third kappa shape index (κ3) is 4.05. The van der Waals surface area contributed by atoms with E-state index in [2.05, 4.69) is 21.8 Å². The molecule has 0 saturated heterocycles. The van der Waals surface area contributed by atoms with E-state index in [1.54, 1.807) is 18.3 Å². The Labute approximate surface area is 121 Å². The highest BCUT2D eigenvalue weighted by Crippen LogP contribution is 2.20. The molecule has 0 spiro atoms. The lowest BCUT2D eigenvalue weighted by molar-refractivity contribution is 0.350. The van der Waals surface area contributed by atoms with Gasteiger partial charge in [-0.25, -0.2) is 14.4 Å². The van der Waals surface area contributed by atoms with Gasteiger partial charge in [-0.15, -0.1) is 0 Å². The summed E-state index contributed by atoms with van der Waals surface area (Å²) in [7, 11) is 0. The van der Waals surface area contributed by atoms with Crippen LogP contribution < -0.4 is 0 Å². The molecule has 1 aromatic carbocycles. The van der Waals surface area contributed by atoms with Crippen molar-refractivity contribution in [1.82, 2.24) is 9.97 Å². The van der Waals surface area contributed by atoms with E-state index in [-0.39, 0.29) is 12.4 Å². The molecule has 0 saturated carbocycles. The van der Waals surface area contributed by atoms with Gasteiger partial charge < -0.3 is 5.11 Å². The molecule has 0 fully saturated rings. The van der Waals surface area contributed by atoms with Gasteiger partial charge in [0.15, 0.2) is 5.16 Å². The number of halogens is 1. The highest BCUT2D eigenvalue weighted by atomic mass is 32.2. The average molecular weight is 288 g/mol. The molecule has 0 unspecified atom stereocenters. The number of thioether (sulfide) groups is 1. The smallest absolute Gasteiger partial charge is 0.188 e. The lowest BCUT2D eigenvalue weighted by atomic mass is 10.1. The highest BCUT2D eigenvalue weighted by Gasteiger charge is 2.03. The average Bonchev–Trinajstić information content (AvgIpc) is 2.45. The van der Waals surface area contributed by atoms with Crippen LogP contribution >= 0.6 is 11.8 Å². The minimum Gasteiger partial charge on any atom is -0.384 e. The molecule has 1 N–H and O–H groups in total. The number of hydrogen-bond acceptors (Lipinski definition) is 4. The lowest BCUT2D eigenvalue weighted by Gasteiger charge is -2.03. The van der Waals surface area contributed by atoms with Crippen LogP contribution in [0.25, 0.3) is 0 Å². The summed E-state index contributed by atoms with van der Waals surface area (Å²) in [6, 6.07) is 6.61. The molecule has 0 radical (unpaired) electrons. The molecule has 0 atom stereocenters. The van der Waals surface area contributed by atoms with Gasteiger partial charge in [-0.05, 0) is 30.7 Å². The zero-order chi connectivity index (χ0) is 14.4. The second-order valence-corrected chi connectivity index (χ2v) is 4.99. The Hall–Kier alpha value is -1.90. The minimum absolute atomic E-state index is 0.282. The maximum atomic E-state index is 13.5. The summed E-state index contributed by atoms with van der Waals surface area (Å²) in [5.41, 5.74) is 2.14. The monoisotopic (exact) mass is 288 g/mol. The highest BCUT2D eigenvalue weighted by molar-refractivity contribution is 7.98. The fourth-order valence-electron chi connectivity index (χ4n) is 1.54. The second-order valence-electron chi connectivity index (χ2n) is 4.04. The lowest BCUT2D eigenvalue weighted by Crippen LogP contribution is -1.91. The van der Waals surface area contributed by atoms with Crippen molar-refractivity contribution in [2.75, 3.05) is 6.61 Å². The van der Waals surface area contributed by atoms with Crippen LogP contribution in [0.5, 0.6) is 0 Å². The maximum absolute atomic E-state index is 13.5. The van der Waals surface area contributed by atoms with Crippen LogP contribution in [-0.2, 0) is 5.75 Å². The molecule has 1 aromatic heterocycles. The molecule has 5 heteroatoms. The van der Waals surface area contributed by atoms with E-state index in [9.17, 15) is 4.39 Å². The van der Waals surface area contributed by atoms with E-state index in [0.29, 0.717) is 16.5 Å². The molecule has 2 aromatic rings. The van der Waals surface area contributed by atoms with Crippen molar-refractivity contribution in [2.45, 2.75) is 17.8 Å². The number of hydrogen-bond donors (Lipinski definition) is 1. The van der Waals surface area contributed by atoms with E-state index in [4.69, 9.17) is 5.11 Å². The molecule has 0 bridgehead atoms. The molecule has 20 heavy (non-hydrogen) atoms. The predicted molar refractivity (Wildman–Crippen MR) is 76.7 cm³/mol. The number of rotatable bonds is 3. The number of aliphatic hydroxyl groups is 1. The van der Waals surface area contributed by atoms with Gasteiger partial charge in [0.05, 0.1) is 5.56 Å². The topological polar surface area (TPSA) is 46.0 Å². The normalized spacial score (nSPS) is 9.95. The van der Waals surface area contributed by atoms with E-state index < -0.39 is 0 Å². The first-order valence-electron chi connectivity index (χ1n) is 5.99. The van der Waals surface area contributed by atoms with Gasteiger partial charge in [0, 0.05) is 17.6 Å². The van der Waals surface area contributed by atoms with Gasteiger partial charge in [0.25, 0.3) is 0 Å². The molecule has 102 valence electrons. The summed E-state index contributed by atoms with van der Waals surface area (Å²) in [6.45, 7) is 1.63. The van der Waals surface area contributed by atoms with Crippen molar-refractivity contribution in [2.24, 2.45) is 0 Å². The molecule has 0 aliphatic carbocycles. The third-order valence-corrected chi connectivity index (χ3v) is 3.41. The van der Waals surface area contributed by atoms with E-state index in [1.807, 2.05) is 13.0 Å². The van der Waals surface area contributed by atoms with Crippen LogP contribution in [0, 0.1) is 24.6 Å². The third-order valence-electron chi connectivity index (χ3n) is 2.47. The van der Waals surface area contributed by atoms with Gasteiger partial charge in [0.1, 0.15) is 12.4 Å². The number of aliphatic hydroxyl groups excluding tert-OH is 1.